The Hall–Kier alpha value is -0.940. The van der Waals surface area contributed by atoms with Gasteiger partial charge in [0.05, 0.1) is 12.7 Å². The molecule has 0 amide bonds. The van der Waals surface area contributed by atoms with Crippen LogP contribution in [0.15, 0.2) is 30.3 Å². The number of aliphatic hydroxyl groups excluding tert-OH is 1. The van der Waals surface area contributed by atoms with E-state index in [0.717, 1.165) is 39.3 Å². The molecule has 0 aliphatic carbocycles. The third-order valence-electron chi connectivity index (χ3n) is 3.71. The highest BCUT2D eigenvalue weighted by Gasteiger charge is 2.19. The Bertz CT molecular complexity index is 346. The van der Waals surface area contributed by atoms with Gasteiger partial charge in [0.15, 0.2) is 0 Å². The van der Waals surface area contributed by atoms with Crippen LogP contribution in [0.25, 0.3) is 0 Å². The van der Waals surface area contributed by atoms with Crippen LogP contribution in [0.4, 0.5) is 0 Å². The first-order valence-corrected chi connectivity index (χ1v) is 6.94. The van der Waals surface area contributed by atoms with Gasteiger partial charge >= 0.3 is 0 Å². The van der Waals surface area contributed by atoms with E-state index in [1.165, 1.54) is 5.56 Å². The van der Waals surface area contributed by atoms with Crippen molar-refractivity contribution in [2.24, 2.45) is 0 Å². The Kier molecular flexibility index (Phi) is 5.79. The van der Waals surface area contributed by atoms with Gasteiger partial charge in [-0.3, -0.25) is 9.80 Å². The van der Waals surface area contributed by atoms with E-state index in [1.54, 1.807) is 7.11 Å². The van der Waals surface area contributed by atoms with Gasteiger partial charge in [0.2, 0.25) is 0 Å². The van der Waals surface area contributed by atoms with Crippen molar-refractivity contribution in [3.8, 4) is 0 Å². The number of rotatable bonds is 6. The van der Waals surface area contributed by atoms with E-state index in [0.29, 0.717) is 0 Å². The number of methoxy groups -OCH3 is 1. The molecular formula is C15H24N2O2. The molecule has 1 saturated heterocycles. The smallest absolute Gasteiger partial charge is 0.0928 e. The second-order valence-corrected chi connectivity index (χ2v) is 5.10. The average molecular weight is 264 g/mol. The van der Waals surface area contributed by atoms with Crippen molar-refractivity contribution in [2.75, 3.05) is 46.4 Å². The predicted octanol–water partition coefficient (Wildman–Crippen LogP) is 0.811. The fourth-order valence-electron chi connectivity index (χ4n) is 2.47. The molecule has 106 valence electrons. The highest BCUT2D eigenvalue weighted by atomic mass is 16.5. The molecule has 4 nitrogen and oxygen atoms in total. The zero-order valence-electron chi connectivity index (χ0n) is 11.7. The molecule has 1 aliphatic rings. The number of hydrogen-bond acceptors (Lipinski definition) is 4. The molecule has 1 fully saturated rings. The molecule has 19 heavy (non-hydrogen) atoms. The molecule has 1 aromatic carbocycles. The number of piperazine rings is 1. The Morgan fingerprint density at radius 2 is 1.74 bits per heavy atom. The molecular weight excluding hydrogens is 240 g/mol. The molecule has 0 aromatic heterocycles. The third-order valence-corrected chi connectivity index (χ3v) is 3.71. The van der Waals surface area contributed by atoms with E-state index < -0.39 is 0 Å². The molecule has 4 heteroatoms. The van der Waals surface area contributed by atoms with Gasteiger partial charge in [-0.25, -0.2) is 0 Å². The fourth-order valence-corrected chi connectivity index (χ4v) is 2.47. The summed E-state index contributed by atoms with van der Waals surface area (Å²) in [6.07, 6.45) is -0.0549. The van der Waals surface area contributed by atoms with Crippen LogP contribution in [0, 0.1) is 0 Å². The highest BCUT2D eigenvalue weighted by molar-refractivity contribution is 5.14. The fraction of sp³-hybridized carbons (Fsp3) is 0.600. The Morgan fingerprint density at radius 1 is 1.11 bits per heavy atom. The van der Waals surface area contributed by atoms with Gasteiger partial charge in [-0.15, -0.1) is 0 Å². The van der Waals surface area contributed by atoms with Crippen molar-refractivity contribution in [3.05, 3.63) is 35.9 Å². The molecule has 1 unspecified atom stereocenters. The summed E-state index contributed by atoms with van der Waals surface area (Å²) in [5, 5.41) is 9.14. The van der Waals surface area contributed by atoms with Gasteiger partial charge in [0, 0.05) is 46.4 Å². The normalized spacial score (nSPS) is 19.5. The summed E-state index contributed by atoms with van der Waals surface area (Å²) in [5.74, 6) is 0. The van der Waals surface area contributed by atoms with Crippen LogP contribution < -0.4 is 0 Å². The van der Waals surface area contributed by atoms with E-state index in [-0.39, 0.29) is 12.7 Å². The van der Waals surface area contributed by atoms with Crippen molar-refractivity contribution in [1.29, 1.82) is 0 Å². The molecule has 0 radical (unpaired) electrons. The van der Waals surface area contributed by atoms with Gasteiger partial charge in [-0.1, -0.05) is 30.3 Å². The maximum absolute atomic E-state index is 9.14. The van der Waals surface area contributed by atoms with Gasteiger partial charge in [-0.2, -0.15) is 0 Å². The second kappa shape index (κ2) is 7.60. The van der Waals surface area contributed by atoms with Gasteiger partial charge in [0.25, 0.3) is 0 Å². The quantitative estimate of drug-likeness (QED) is 0.825. The summed E-state index contributed by atoms with van der Waals surface area (Å²) < 4.78 is 5.22. The van der Waals surface area contributed by atoms with Crippen molar-refractivity contribution >= 4 is 0 Å². The average Bonchev–Trinajstić information content (AvgIpc) is 2.47. The molecule has 0 bridgehead atoms. The van der Waals surface area contributed by atoms with Crippen LogP contribution in [0.5, 0.6) is 0 Å². The van der Waals surface area contributed by atoms with E-state index in [2.05, 4.69) is 40.1 Å². The monoisotopic (exact) mass is 264 g/mol. The second-order valence-electron chi connectivity index (χ2n) is 5.10. The van der Waals surface area contributed by atoms with Gasteiger partial charge < -0.3 is 9.84 Å². The molecule has 2 rings (SSSR count). The van der Waals surface area contributed by atoms with Crippen molar-refractivity contribution in [1.82, 2.24) is 9.80 Å². The molecule has 0 saturated carbocycles. The number of hydrogen-bond donors (Lipinski definition) is 1. The zero-order chi connectivity index (χ0) is 13.5. The minimum absolute atomic E-state index is 0.0549. The van der Waals surface area contributed by atoms with Crippen molar-refractivity contribution < 1.29 is 9.84 Å². The molecule has 1 aliphatic heterocycles. The number of nitrogens with zero attached hydrogens (tertiary/aromatic N) is 2. The minimum atomic E-state index is -0.0549. The Labute approximate surface area is 115 Å². The zero-order valence-corrected chi connectivity index (χ0v) is 11.7. The lowest BCUT2D eigenvalue weighted by Gasteiger charge is -2.35. The van der Waals surface area contributed by atoms with Crippen LogP contribution in [-0.2, 0) is 11.3 Å². The third kappa shape index (κ3) is 4.58. The molecule has 1 heterocycles. The van der Waals surface area contributed by atoms with E-state index in [4.69, 9.17) is 9.84 Å². The standard InChI is InChI=1S/C15H24N2O2/c1-19-15(13-18)12-17-9-7-16(8-10-17)11-14-5-3-2-4-6-14/h2-6,15,18H,7-13H2,1H3. The topological polar surface area (TPSA) is 35.9 Å². The summed E-state index contributed by atoms with van der Waals surface area (Å²) in [5.41, 5.74) is 1.38. The maximum atomic E-state index is 9.14. The van der Waals surface area contributed by atoms with Crippen LogP contribution in [0.1, 0.15) is 5.56 Å². The highest BCUT2D eigenvalue weighted by Crippen LogP contribution is 2.09. The number of ether oxygens (including phenoxy) is 1. The summed E-state index contributed by atoms with van der Waals surface area (Å²) in [4.78, 5) is 4.85. The first kappa shape index (κ1) is 14.5. The van der Waals surface area contributed by atoms with Crippen LogP contribution in [0.3, 0.4) is 0 Å². The van der Waals surface area contributed by atoms with Gasteiger partial charge in [-0.05, 0) is 5.56 Å². The van der Waals surface area contributed by atoms with Crippen LogP contribution >= 0.6 is 0 Å². The summed E-state index contributed by atoms with van der Waals surface area (Å²) in [7, 11) is 1.66. The van der Waals surface area contributed by atoms with E-state index in [9.17, 15) is 0 Å². The molecule has 1 N–H and O–H groups in total. The summed E-state index contributed by atoms with van der Waals surface area (Å²) >= 11 is 0. The minimum Gasteiger partial charge on any atom is -0.394 e. The molecule has 1 aromatic rings. The SMILES string of the molecule is COC(CO)CN1CCN(Cc2ccccc2)CC1. The van der Waals surface area contributed by atoms with Crippen molar-refractivity contribution in [3.63, 3.8) is 0 Å². The number of aliphatic hydroxyl groups is 1. The first-order chi connectivity index (χ1) is 9.31. The lowest BCUT2D eigenvalue weighted by Crippen LogP contribution is -2.48. The van der Waals surface area contributed by atoms with E-state index in [1.807, 2.05) is 0 Å². The summed E-state index contributed by atoms with van der Waals surface area (Å²) in [6.45, 7) is 6.21. The summed E-state index contributed by atoms with van der Waals surface area (Å²) in [6, 6.07) is 10.6. The maximum Gasteiger partial charge on any atom is 0.0928 e. The number of benzene rings is 1. The predicted molar refractivity (Wildman–Crippen MR) is 76.0 cm³/mol. The van der Waals surface area contributed by atoms with Crippen molar-refractivity contribution in [2.45, 2.75) is 12.6 Å². The lowest BCUT2D eigenvalue weighted by atomic mass is 10.2. The Balaban J connectivity index is 1.73. The molecule has 0 spiro atoms. The van der Waals surface area contributed by atoms with Crippen LogP contribution in [0.2, 0.25) is 0 Å². The lowest BCUT2D eigenvalue weighted by molar-refractivity contribution is 0.00915. The van der Waals surface area contributed by atoms with Crippen LogP contribution in [-0.4, -0.2) is 67.5 Å². The van der Waals surface area contributed by atoms with Gasteiger partial charge in [0.1, 0.15) is 0 Å². The molecule has 1 atom stereocenters. The van der Waals surface area contributed by atoms with E-state index >= 15 is 0 Å². The Morgan fingerprint density at radius 3 is 2.32 bits per heavy atom. The largest absolute Gasteiger partial charge is 0.394 e. The first-order valence-electron chi connectivity index (χ1n) is 6.94.